The number of hydrogen-bond donors (Lipinski definition) is 0. The topological polar surface area (TPSA) is 9.23 Å². The van der Waals surface area contributed by atoms with E-state index in [1.54, 1.807) is 0 Å². The van der Waals surface area contributed by atoms with Crippen LogP contribution in [-0.2, 0) is 6.42 Å². The molecule has 1 nitrogen and oxygen atoms in total. The van der Waals surface area contributed by atoms with Crippen LogP contribution in [0, 0.1) is 6.92 Å². The lowest BCUT2D eigenvalue weighted by Gasteiger charge is -2.19. The molecule has 1 aliphatic heterocycles. The van der Waals surface area contributed by atoms with Gasteiger partial charge in [0, 0.05) is 12.0 Å². The summed E-state index contributed by atoms with van der Waals surface area (Å²) in [6.45, 7) is 18.8. The lowest BCUT2D eigenvalue weighted by Crippen LogP contribution is -2.05. The fraction of sp³-hybridized carbons (Fsp3) is 0.379. The molecule has 0 aromatic heterocycles. The molecule has 0 atom stereocenters. The van der Waals surface area contributed by atoms with Crippen molar-refractivity contribution in [3.8, 4) is 5.75 Å². The molecule has 1 heterocycles. The summed E-state index contributed by atoms with van der Waals surface area (Å²) >= 11 is 0. The minimum Gasteiger partial charge on any atom is -0.489 e. The van der Waals surface area contributed by atoms with Crippen LogP contribution in [0.15, 0.2) is 60.7 Å². The summed E-state index contributed by atoms with van der Waals surface area (Å²) < 4.78 is 5.99. The first kappa shape index (κ1) is 27.5. The van der Waals surface area contributed by atoms with E-state index in [-0.39, 0.29) is 0 Å². The van der Waals surface area contributed by atoms with Crippen LogP contribution in [0.2, 0.25) is 0 Å². The van der Waals surface area contributed by atoms with E-state index < -0.39 is 0 Å². The first-order valence-electron chi connectivity index (χ1n) is 11.7. The third-order valence-corrected chi connectivity index (χ3v) is 4.37. The molecule has 0 unspecified atom stereocenters. The van der Waals surface area contributed by atoms with Crippen molar-refractivity contribution in [1.29, 1.82) is 0 Å². The van der Waals surface area contributed by atoms with Crippen LogP contribution >= 0.6 is 0 Å². The van der Waals surface area contributed by atoms with Gasteiger partial charge >= 0.3 is 0 Å². The first-order chi connectivity index (χ1) is 14.8. The van der Waals surface area contributed by atoms with E-state index in [0.29, 0.717) is 6.61 Å². The summed E-state index contributed by atoms with van der Waals surface area (Å²) in [5.41, 5.74) is 5.18. The van der Waals surface area contributed by atoms with Gasteiger partial charge in [-0.05, 0) is 46.5 Å². The molecule has 164 valence electrons. The second-order valence-corrected chi connectivity index (χ2v) is 5.82. The van der Waals surface area contributed by atoms with E-state index in [1.165, 1.54) is 33.0 Å². The van der Waals surface area contributed by atoms with Crippen LogP contribution < -0.4 is 4.74 Å². The van der Waals surface area contributed by atoms with Crippen LogP contribution in [0.5, 0.6) is 5.75 Å². The molecule has 0 bridgehead atoms. The Morgan fingerprint density at radius 1 is 0.733 bits per heavy atom. The summed E-state index contributed by atoms with van der Waals surface area (Å²) in [5.74, 6) is 1.05. The van der Waals surface area contributed by atoms with Crippen molar-refractivity contribution in [3.05, 3.63) is 82.9 Å². The zero-order valence-electron chi connectivity index (χ0n) is 20.7. The Labute approximate surface area is 185 Å². The average Bonchev–Trinajstić information content (AvgIpc) is 2.86. The molecule has 0 fully saturated rings. The molecule has 3 aromatic rings. The maximum absolute atomic E-state index is 5.99. The maximum atomic E-state index is 5.99. The molecule has 3 aromatic carbocycles. The molecule has 0 aliphatic carbocycles. The van der Waals surface area contributed by atoms with Crippen LogP contribution in [0.3, 0.4) is 0 Å². The molecule has 1 heteroatoms. The van der Waals surface area contributed by atoms with Crippen LogP contribution in [0.4, 0.5) is 0 Å². The van der Waals surface area contributed by atoms with E-state index in [0.717, 1.165) is 12.2 Å². The van der Waals surface area contributed by atoms with Gasteiger partial charge in [-0.2, -0.15) is 0 Å². The average molecular weight is 407 g/mol. The Morgan fingerprint density at radius 2 is 1.33 bits per heavy atom. The van der Waals surface area contributed by atoms with E-state index in [4.69, 9.17) is 4.74 Å². The van der Waals surface area contributed by atoms with Gasteiger partial charge in [0.15, 0.2) is 0 Å². The predicted molar refractivity (Wildman–Crippen MR) is 138 cm³/mol. The quantitative estimate of drug-likeness (QED) is 0.412. The van der Waals surface area contributed by atoms with Gasteiger partial charge in [0.05, 0.1) is 0 Å². The number of benzene rings is 3. The van der Waals surface area contributed by atoms with E-state index in [9.17, 15) is 0 Å². The number of rotatable bonds is 2. The van der Waals surface area contributed by atoms with Crippen molar-refractivity contribution in [2.24, 2.45) is 0 Å². The van der Waals surface area contributed by atoms with Gasteiger partial charge in [-0.15, -0.1) is 0 Å². The van der Waals surface area contributed by atoms with Gasteiger partial charge < -0.3 is 4.74 Å². The van der Waals surface area contributed by atoms with Crippen LogP contribution in [0.1, 0.15) is 77.6 Å². The molecule has 0 radical (unpaired) electrons. The monoisotopic (exact) mass is 406 g/mol. The van der Waals surface area contributed by atoms with Gasteiger partial charge in [-0.3, -0.25) is 0 Å². The minimum atomic E-state index is 0.659. The molecule has 0 N–H and O–H groups in total. The Bertz CT molecular complexity index is 875. The van der Waals surface area contributed by atoms with Gasteiger partial charge in [-0.1, -0.05) is 110 Å². The zero-order chi connectivity index (χ0) is 22.9. The first-order valence-corrected chi connectivity index (χ1v) is 11.7. The van der Waals surface area contributed by atoms with Crippen LogP contribution in [0.25, 0.3) is 16.8 Å². The highest BCUT2D eigenvalue weighted by molar-refractivity contribution is 5.94. The van der Waals surface area contributed by atoms with Crippen molar-refractivity contribution in [2.45, 2.75) is 68.7 Å². The van der Waals surface area contributed by atoms with E-state index >= 15 is 0 Å². The summed E-state index contributed by atoms with van der Waals surface area (Å²) in [7, 11) is 0. The lowest BCUT2D eigenvalue weighted by molar-refractivity contribution is 0.356. The lowest BCUT2D eigenvalue weighted by atomic mass is 9.93. The van der Waals surface area contributed by atoms with E-state index in [2.05, 4.69) is 73.7 Å². The maximum Gasteiger partial charge on any atom is 0.131 e. The highest BCUT2D eigenvalue weighted by Crippen LogP contribution is 2.36. The summed E-state index contributed by atoms with van der Waals surface area (Å²) in [5, 5.41) is 2.54. The highest BCUT2D eigenvalue weighted by Gasteiger charge is 2.16. The van der Waals surface area contributed by atoms with Gasteiger partial charge in [0.1, 0.15) is 12.4 Å². The highest BCUT2D eigenvalue weighted by atomic mass is 16.5. The van der Waals surface area contributed by atoms with Crippen molar-refractivity contribution < 1.29 is 4.74 Å². The Hall–Kier alpha value is -2.54. The molecular formula is C29H42O. The molecule has 0 saturated carbocycles. The van der Waals surface area contributed by atoms with Crippen molar-refractivity contribution in [1.82, 2.24) is 0 Å². The van der Waals surface area contributed by atoms with Gasteiger partial charge in [0.25, 0.3) is 0 Å². The molecule has 0 spiro atoms. The van der Waals surface area contributed by atoms with Crippen molar-refractivity contribution in [2.75, 3.05) is 6.61 Å². The summed E-state index contributed by atoms with van der Waals surface area (Å²) in [6.07, 6.45) is 5.20. The molecule has 0 amide bonds. The normalized spacial score (nSPS) is 10.3. The summed E-state index contributed by atoms with van der Waals surface area (Å²) in [6, 6.07) is 19.4. The van der Waals surface area contributed by atoms with Crippen molar-refractivity contribution >= 4 is 16.8 Å². The zero-order valence-corrected chi connectivity index (χ0v) is 20.7. The molecule has 1 aliphatic rings. The third-order valence-electron chi connectivity index (χ3n) is 4.37. The number of fused-ring (bicyclic) bond motifs is 3. The molecule has 4 rings (SSSR count). The Balaban J connectivity index is 0.000000948. The van der Waals surface area contributed by atoms with Crippen molar-refractivity contribution in [3.63, 3.8) is 0 Å². The minimum absolute atomic E-state index is 0.659. The van der Waals surface area contributed by atoms with Gasteiger partial charge in [0.2, 0.25) is 0 Å². The number of hydrogen-bond acceptors (Lipinski definition) is 1. The summed E-state index contributed by atoms with van der Waals surface area (Å²) in [4.78, 5) is 0. The second kappa shape index (κ2) is 16.3. The molecule has 0 saturated heterocycles. The SMILES string of the molecule is CC.CC.CC.CC.Cc1ccccc1Cc1cc2ccccc2c2c1OCC=C2. The Morgan fingerprint density at radius 3 is 2.00 bits per heavy atom. The standard InChI is InChI=1S/C21H18O.4C2H6/c1-15-7-2-3-8-16(15)13-18-14-17-9-4-5-10-19(17)20-11-6-12-22-21(18)20;4*1-2/h2-11,14H,12-13H2,1H3;4*1-2H3. The number of ether oxygens (including phenoxy) is 1. The number of aryl methyl sites for hydroxylation is 1. The largest absolute Gasteiger partial charge is 0.489 e. The smallest absolute Gasteiger partial charge is 0.131 e. The third kappa shape index (κ3) is 7.06. The fourth-order valence-corrected chi connectivity index (χ4v) is 3.19. The van der Waals surface area contributed by atoms with Crippen LogP contribution in [-0.4, -0.2) is 6.61 Å². The predicted octanol–water partition coefficient (Wildman–Crippen LogP) is 9.25. The molecule has 30 heavy (non-hydrogen) atoms. The Kier molecular flexibility index (Phi) is 14.9. The fourth-order valence-electron chi connectivity index (χ4n) is 3.19. The second-order valence-electron chi connectivity index (χ2n) is 5.82. The van der Waals surface area contributed by atoms with E-state index in [1.807, 2.05) is 55.4 Å². The van der Waals surface area contributed by atoms with Gasteiger partial charge in [-0.25, -0.2) is 0 Å². The molecular weight excluding hydrogens is 364 g/mol.